The van der Waals surface area contributed by atoms with Crippen LogP contribution in [0.15, 0.2) is 10.5 Å². The molecule has 5 nitrogen and oxygen atoms in total. The Balaban J connectivity index is 2.86. The highest BCUT2D eigenvalue weighted by Crippen LogP contribution is 2.28. The van der Waals surface area contributed by atoms with Crippen molar-refractivity contribution in [3.8, 4) is 0 Å². The van der Waals surface area contributed by atoms with Gasteiger partial charge in [-0.1, -0.05) is 0 Å². The van der Waals surface area contributed by atoms with Crippen LogP contribution in [0.3, 0.4) is 0 Å². The first-order chi connectivity index (χ1) is 7.54. The van der Waals surface area contributed by atoms with E-state index in [0.29, 0.717) is 22.7 Å². The molecular weight excluding hydrogens is 208 g/mol. The molecule has 0 spiro atoms. The van der Waals surface area contributed by atoms with Gasteiger partial charge >= 0.3 is 5.97 Å². The Labute approximate surface area is 92.2 Å². The third kappa shape index (κ3) is 1.41. The number of benzene rings is 1. The fourth-order valence-electron chi connectivity index (χ4n) is 1.63. The molecule has 2 aromatic rings. The Kier molecular flexibility index (Phi) is 2.30. The maximum Gasteiger partial charge on any atom is 0.343 e. The molecule has 0 unspecified atom stereocenters. The summed E-state index contributed by atoms with van der Waals surface area (Å²) in [6.07, 6.45) is 0. The van der Waals surface area contributed by atoms with Crippen molar-refractivity contribution in [1.29, 1.82) is 0 Å². The lowest BCUT2D eigenvalue weighted by atomic mass is 10.1. The molecule has 2 rings (SSSR count). The van der Waals surface area contributed by atoms with Crippen LogP contribution in [0.5, 0.6) is 0 Å². The highest BCUT2D eigenvalue weighted by atomic mass is 16.5. The smallest absolute Gasteiger partial charge is 0.343 e. The zero-order valence-electron chi connectivity index (χ0n) is 9.33. The summed E-state index contributed by atoms with van der Waals surface area (Å²) in [7, 11) is 1.30. The number of carbonyl (C=O) groups is 1. The van der Waals surface area contributed by atoms with Crippen molar-refractivity contribution in [1.82, 2.24) is 4.98 Å². The van der Waals surface area contributed by atoms with E-state index in [1.165, 1.54) is 7.11 Å². The van der Waals surface area contributed by atoms with Gasteiger partial charge in [0, 0.05) is 6.92 Å². The van der Waals surface area contributed by atoms with Crippen LogP contribution in [0.2, 0.25) is 0 Å². The molecule has 84 valence electrons. The summed E-state index contributed by atoms with van der Waals surface area (Å²) < 4.78 is 10.0. The predicted molar refractivity (Wildman–Crippen MR) is 59.2 cm³/mol. The zero-order valence-corrected chi connectivity index (χ0v) is 9.33. The summed E-state index contributed by atoms with van der Waals surface area (Å²) in [6, 6.07) is 1.79. The lowest BCUT2D eigenvalue weighted by Gasteiger charge is -2.06. The molecular formula is C11H12N2O3. The summed E-state index contributed by atoms with van der Waals surface area (Å²) in [5.74, 6) is -0.0208. The molecule has 1 aromatic heterocycles. The van der Waals surface area contributed by atoms with Gasteiger partial charge in [-0.05, 0) is 18.6 Å². The molecule has 0 saturated heterocycles. The minimum Gasteiger partial charge on any atom is -0.465 e. The van der Waals surface area contributed by atoms with Crippen LogP contribution < -0.4 is 5.73 Å². The molecule has 0 atom stereocenters. The SMILES string of the molecule is COC(=O)c1c(N)c(C)cc2nc(C)oc12. The molecule has 0 bridgehead atoms. The van der Waals surface area contributed by atoms with Crippen LogP contribution in [0.4, 0.5) is 5.69 Å². The summed E-state index contributed by atoms with van der Waals surface area (Å²) in [4.78, 5) is 15.8. The molecule has 0 radical (unpaired) electrons. The second-order valence-electron chi connectivity index (χ2n) is 3.55. The van der Waals surface area contributed by atoms with Crippen molar-refractivity contribution in [3.05, 3.63) is 23.1 Å². The van der Waals surface area contributed by atoms with E-state index in [1.807, 2.05) is 6.92 Å². The zero-order chi connectivity index (χ0) is 11.9. The molecule has 0 aliphatic carbocycles. The van der Waals surface area contributed by atoms with E-state index in [4.69, 9.17) is 10.2 Å². The van der Waals surface area contributed by atoms with E-state index in [2.05, 4.69) is 9.72 Å². The number of hydrogen-bond acceptors (Lipinski definition) is 5. The number of carbonyl (C=O) groups excluding carboxylic acids is 1. The van der Waals surface area contributed by atoms with Crippen molar-refractivity contribution in [2.45, 2.75) is 13.8 Å². The molecule has 0 aliphatic rings. The number of hydrogen-bond donors (Lipinski definition) is 1. The van der Waals surface area contributed by atoms with Crippen LogP contribution in [0.25, 0.3) is 11.1 Å². The van der Waals surface area contributed by atoms with Crippen LogP contribution in [0.1, 0.15) is 21.8 Å². The molecule has 1 heterocycles. The molecule has 0 amide bonds. The summed E-state index contributed by atoms with van der Waals surface area (Å²) in [5, 5.41) is 0. The molecule has 2 N–H and O–H groups in total. The van der Waals surface area contributed by atoms with Gasteiger partial charge in [0.05, 0.1) is 12.8 Å². The van der Waals surface area contributed by atoms with Gasteiger partial charge in [-0.15, -0.1) is 0 Å². The van der Waals surface area contributed by atoms with E-state index in [9.17, 15) is 4.79 Å². The monoisotopic (exact) mass is 220 g/mol. The minimum absolute atomic E-state index is 0.248. The van der Waals surface area contributed by atoms with Crippen LogP contribution in [0, 0.1) is 13.8 Å². The van der Waals surface area contributed by atoms with Crippen LogP contribution >= 0.6 is 0 Å². The maximum absolute atomic E-state index is 11.6. The lowest BCUT2D eigenvalue weighted by molar-refractivity contribution is 0.0603. The number of fused-ring (bicyclic) bond motifs is 1. The number of nitrogens with two attached hydrogens (primary N) is 1. The standard InChI is InChI=1S/C11H12N2O3/c1-5-4-7-10(16-6(2)13-7)8(9(5)12)11(14)15-3/h4H,12H2,1-3H3. The van der Waals surface area contributed by atoms with Gasteiger partial charge in [0.2, 0.25) is 0 Å². The van der Waals surface area contributed by atoms with Gasteiger partial charge < -0.3 is 14.9 Å². The summed E-state index contributed by atoms with van der Waals surface area (Å²) in [5.41, 5.74) is 8.24. The Morgan fingerprint density at radius 2 is 2.19 bits per heavy atom. The number of anilines is 1. The Morgan fingerprint density at radius 1 is 1.50 bits per heavy atom. The average Bonchev–Trinajstić information content (AvgIpc) is 2.59. The van der Waals surface area contributed by atoms with Crippen LogP contribution in [-0.2, 0) is 4.74 Å². The molecule has 0 aliphatic heterocycles. The van der Waals surface area contributed by atoms with Gasteiger partial charge in [-0.2, -0.15) is 0 Å². The topological polar surface area (TPSA) is 78.4 Å². The summed E-state index contributed by atoms with van der Waals surface area (Å²) >= 11 is 0. The van der Waals surface area contributed by atoms with Gasteiger partial charge in [-0.25, -0.2) is 9.78 Å². The summed E-state index contributed by atoms with van der Waals surface area (Å²) in [6.45, 7) is 3.53. The van der Waals surface area contributed by atoms with Crippen molar-refractivity contribution < 1.29 is 13.9 Å². The number of nitrogen functional groups attached to an aromatic ring is 1. The fourth-order valence-corrected chi connectivity index (χ4v) is 1.63. The predicted octanol–water partition coefficient (Wildman–Crippen LogP) is 1.81. The van der Waals surface area contributed by atoms with Crippen molar-refractivity contribution in [2.75, 3.05) is 12.8 Å². The molecule has 5 heteroatoms. The van der Waals surface area contributed by atoms with Gasteiger partial charge in [0.1, 0.15) is 11.1 Å². The number of nitrogens with zero attached hydrogens (tertiary/aromatic N) is 1. The third-order valence-electron chi connectivity index (χ3n) is 2.42. The first kappa shape index (κ1) is 10.5. The van der Waals surface area contributed by atoms with Crippen LogP contribution in [-0.4, -0.2) is 18.1 Å². The number of esters is 1. The number of oxazole rings is 1. The first-order valence-corrected chi connectivity index (χ1v) is 4.79. The Bertz CT molecular complexity index is 572. The van der Waals surface area contributed by atoms with Crippen molar-refractivity contribution in [3.63, 3.8) is 0 Å². The number of aryl methyl sites for hydroxylation is 2. The largest absolute Gasteiger partial charge is 0.465 e. The Hall–Kier alpha value is -2.04. The van der Waals surface area contributed by atoms with E-state index < -0.39 is 5.97 Å². The highest BCUT2D eigenvalue weighted by Gasteiger charge is 2.20. The first-order valence-electron chi connectivity index (χ1n) is 4.79. The van der Waals surface area contributed by atoms with Gasteiger partial charge in [0.15, 0.2) is 11.5 Å². The maximum atomic E-state index is 11.6. The fraction of sp³-hybridized carbons (Fsp3) is 0.273. The average molecular weight is 220 g/mol. The minimum atomic E-state index is -0.512. The lowest BCUT2D eigenvalue weighted by Crippen LogP contribution is -2.07. The quantitative estimate of drug-likeness (QED) is 0.585. The van der Waals surface area contributed by atoms with Crippen molar-refractivity contribution >= 4 is 22.8 Å². The van der Waals surface area contributed by atoms with Gasteiger partial charge in [0.25, 0.3) is 0 Å². The van der Waals surface area contributed by atoms with Crippen molar-refractivity contribution in [2.24, 2.45) is 0 Å². The molecule has 0 fully saturated rings. The third-order valence-corrected chi connectivity index (χ3v) is 2.42. The van der Waals surface area contributed by atoms with E-state index in [1.54, 1.807) is 13.0 Å². The number of rotatable bonds is 1. The molecule has 0 saturated carbocycles. The molecule has 1 aromatic carbocycles. The normalized spacial score (nSPS) is 10.7. The number of aromatic nitrogens is 1. The van der Waals surface area contributed by atoms with Gasteiger partial charge in [-0.3, -0.25) is 0 Å². The molecule has 16 heavy (non-hydrogen) atoms. The van der Waals surface area contributed by atoms with E-state index >= 15 is 0 Å². The highest BCUT2D eigenvalue weighted by molar-refractivity contribution is 6.06. The van der Waals surface area contributed by atoms with E-state index in [0.717, 1.165) is 5.56 Å². The number of methoxy groups -OCH3 is 1. The number of ether oxygens (including phenoxy) is 1. The Morgan fingerprint density at radius 3 is 2.81 bits per heavy atom. The second-order valence-corrected chi connectivity index (χ2v) is 3.55. The second kappa shape index (κ2) is 3.52. The van der Waals surface area contributed by atoms with E-state index in [-0.39, 0.29) is 5.56 Å².